The van der Waals surface area contributed by atoms with Gasteiger partial charge in [-0.25, -0.2) is 4.39 Å². The van der Waals surface area contributed by atoms with Gasteiger partial charge in [-0.05, 0) is 68.1 Å². The minimum atomic E-state index is -0.438. The number of pyridine rings is 1. The zero-order valence-corrected chi connectivity index (χ0v) is 19.2. The topological polar surface area (TPSA) is 34.5 Å². The summed E-state index contributed by atoms with van der Waals surface area (Å²) in [6.07, 6.45) is 8.62. The van der Waals surface area contributed by atoms with Crippen LogP contribution in [-0.4, -0.2) is 36.2 Å². The van der Waals surface area contributed by atoms with Crippen LogP contribution >= 0.6 is 0 Å². The van der Waals surface area contributed by atoms with Gasteiger partial charge in [0.25, 0.3) is 0 Å². The molecule has 0 N–H and O–H groups in total. The molecule has 3 aromatic rings. The van der Waals surface area contributed by atoms with Crippen LogP contribution in [0.4, 0.5) is 4.39 Å². The summed E-state index contributed by atoms with van der Waals surface area (Å²) >= 11 is 0. The molecular formula is C27H33FN2O2. The molecule has 0 atom stereocenters. The Labute approximate surface area is 189 Å². The van der Waals surface area contributed by atoms with Crippen molar-refractivity contribution in [2.45, 2.75) is 52.0 Å². The Morgan fingerprint density at radius 2 is 1.75 bits per heavy atom. The van der Waals surface area contributed by atoms with Crippen LogP contribution in [-0.2, 0) is 13.0 Å². The lowest BCUT2D eigenvalue weighted by atomic mass is 9.99. The molecule has 2 aromatic carbocycles. The minimum Gasteiger partial charge on any atom is -0.497 e. The van der Waals surface area contributed by atoms with Crippen molar-refractivity contribution in [2.75, 3.05) is 26.7 Å². The first-order valence-corrected chi connectivity index (χ1v) is 11.8. The number of halogens is 1. The van der Waals surface area contributed by atoms with Crippen molar-refractivity contribution in [1.29, 1.82) is 0 Å². The Morgan fingerprint density at radius 1 is 1.00 bits per heavy atom. The number of unbranched alkanes of at least 4 members (excludes halogenated alkanes) is 1. The molecule has 5 heteroatoms. The number of piperidine rings is 1. The Kier molecular flexibility index (Phi) is 7.26. The van der Waals surface area contributed by atoms with Crippen molar-refractivity contribution in [3.8, 4) is 16.9 Å². The Balaban J connectivity index is 1.84. The second-order valence-electron chi connectivity index (χ2n) is 8.73. The highest BCUT2D eigenvalue weighted by molar-refractivity contribution is 5.87. The van der Waals surface area contributed by atoms with Gasteiger partial charge in [0.05, 0.1) is 18.0 Å². The molecule has 0 aliphatic carbocycles. The molecule has 32 heavy (non-hydrogen) atoms. The van der Waals surface area contributed by atoms with Gasteiger partial charge in [-0.1, -0.05) is 38.0 Å². The van der Waals surface area contributed by atoms with E-state index in [1.54, 1.807) is 7.11 Å². The molecule has 1 fully saturated rings. The Hall–Kier alpha value is -2.66. The van der Waals surface area contributed by atoms with Crippen molar-refractivity contribution in [3.63, 3.8) is 0 Å². The standard InChI is InChI=1S/C27H33FN2O2/c1-3-4-8-21-11-14-24(28)25-26(21)30(18-17-29-15-6-5-7-16-29)19-23(27(25)31)20-9-12-22(32-2)13-10-20/h9-14,19H,3-8,15-18H2,1-2H3. The van der Waals surface area contributed by atoms with Crippen LogP contribution in [0.2, 0.25) is 0 Å². The average Bonchev–Trinajstić information content (AvgIpc) is 2.84. The van der Waals surface area contributed by atoms with Crippen molar-refractivity contribution in [1.82, 2.24) is 9.47 Å². The smallest absolute Gasteiger partial charge is 0.200 e. The van der Waals surface area contributed by atoms with Crippen molar-refractivity contribution in [3.05, 3.63) is 64.2 Å². The quantitative estimate of drug-likeness (QED) is 0.458. The molecule has 0 saturated carbocycles. The van der Waals surface area contributed by atoms with Crippen LogP contribution in [0.3, 0.4) is 0 Å². The highest BCUT2D eigenvalue weighted by Gasteiger charge is 2.18. The van der Waals surface area contributed by atoms with E-state index in [0.29, 0.717) is 5.56 Å². The fourth-order valence-corrected chi connectivity index (χ4v) is 4.72. The van der Waals surface area contributed by atoms with Crippen LogP contribution in [0.5, 0.6) is 5.75 Å². The number of methoxy groups -OCH3 is 1. The summed E-state index contributed by atoms with van der Waals surface area (Å²) in [7, 11) is 1.62. The summed E-state index contributed by atoms with van der Waals surface area (Å²) in [5.41, 5.74) is 2.89. The van der Waals surface area contributed by atoms with Gasteiger partial charge in [0.2, 0.25) is 0 Å². The minimum absolute atomic E-state index is 0.213. The van der Waals surface area contributed by atoms with E-state index in [2.05, 4.69) is 16.4 Å². The van der Waals surface area contributed by atoms with E-state index in [1.165, 1.54) is 25.3 Å². The molecule has 0 unspecified atom stereocenters. The highest BCUT2D eigenvalue weighted by Crippen LogP contribution is 2.27. The molecule has 170 valence electrons. The molecule has 0 spiro atoms. The monoisotopic (exact) mass is 436 g/mol. The number of hydrogen-bond donors (Lipinski definition) is 0. The van der Waals surface area contributed by atoms with Crippen molar-refractivity contribution >= 4 is 10.9 Å². The number of ether oxygens (including phenoxy) is 1. The molecular weight excluding hydrogens is 403 g/mol. The maximum atomic E-state index is 15.1. The zero-order valence-electron chi connectivity index (χ0n) is 19.2. The van der Waals surface area contributed by atoms with E-state index in [4.69, 9.17) is 4.74 Å². The lowest BCUT2D eigenvalue weighted by Gasteiger charge is -2.27. The molecule has 4 nitrogen and oxygen atoms in total. The largest absolute Gasteiger partial charge is 0.497 e. The molecule has 1 aliphatic rings. The van der Waals surface area contributed by atoms with Crippen molar-refractivity contribution in [2.24, 2.45) is 0 Å². The van der Waals surface area contributed by atoms with E-state index in [9.17, 15) is 4.79 Å². The van der Waals surface area contributed by atoms with Crippen LogP contribution in [0.25, 0.3) is 22.0 Å². The van der Waals surface area contributed by atoms with Gasteiger partial charge in [0, 0.05) is 24.8 Å². The third-order valence-electron chi connectivity index (χ3n) is 6.56. The predicted octanol–water partition coefficient (Wildman–Crippen LogP) is 5.64. The number of fused-ring (bicyclic) bond motifs is 1. The van der Waals surface area contributed by atoms with E-state index in [0.717, 1.165) is 67.8 Å². The van der Waals surface area contributed by atoms with E-state index in [1.807, 2.05) is 36.5 Å². The number of hydrogen-bond acceptors (Lipinski definition) is 3. The average molecular weight is 437 g/mol. The fourth-order valence-electron chi connectivity index (χ4n) is 4.72. The van der Waals surface area contributed by atoms with Crippen LogP contribution in [0, 0.1) is 5.82 Å². The van der Waals surface area contributed by atoms with Gasteiger partial charge in [0.15, 0.2) is 5.43 Å². The van der Waals surface area contributed by atoms with Gasteiger partial charge in [-0.3, -0.25) is 4.79 Å². The normalized spacial score (nSPS) is 14.7. The molecule has 0 radical (unpaired) electrons. The number of aryl methyl sites for hydroxylation is 1. The first-order valence-electron chi connectivity index (χ1n) is 11.8. The van der Waals surface area contributed by atoms with E-state index < -0.39 is 5.82 Å². The predicted molar refractivity (Wildman–Crippen MR) is 129 cm³/mol. The Bertz CT molecular complexity index is 1120. The summed E-state index contributed by atoms with van der Waals surface area (Å²) in [6.45, 7) is 6.02. The van der Waals surface area contributed by atoms with Gasteiger partial charge in [0.1, 0.15) is 11.6 Å². The van der Waals surface area contributed by atoms with Gasteiger partial charge < -0.3 is 14.2 Å². The van der Waals surface area contributed by atoms with E-state index in [-0.39, 0.29) is 10.8 Å². The number of aromatic nitrogens is 1. The molecule has 0 bridgehead atoms. The molecule has 4 rings (SSSR count). The van der Waals surface area contributed by atoms with Crippen molar-refractivity contribution < 1.29 is 9.13 Å². The first kappa shape index (κ1) is 22.5. The lowest BCUT2D eigenvalue weighted by molar-refractivity contribution is 0.221. The SMILES string of the molecule is CCCCc1ccc(F)c2c(=O)c(-c3ccc(OC)cc3)cn(CCN3CCCCC3)c12. The maximum Gasteiger partial charge on any atom is 0.200 e. The Morgan fingerprint density at radius 3 is 2.44 bits per heavy atom. The zero-order chi connectivity index (χ0) is 22.5. The molecule has 2 heterocycles. The summed E-state index contributed by atoms with van der Waals surface area (Å²) in [4.78, 5) is 16.0. The fraction of sp³-hybridized carbons (Fsp3) is 0.444. The van der Waals surface area contributed by atoms with Gasteiger partial charge >= 0.3 is 0 Å². The summed E-state index contributed by atoms with van der Waals surface area (Å²) in [5.74, 6) is 0.292. The van der Waals surface area contributed by atoms with Crippen LogP contribution < -0.4 is 10.2 Å². The number of rotatable bonds is 8. The maximum absolute atomic E-state index is 15.1. The van der Waals surface area contributed by atoms with E-state index >= 15 is 4.39 Å². The molecule has 1 aliphatic heterocycles. The lowest BCUT2D eigenvalue weighted by Crippen LogP contribution is -2.33. The second kappa shape index (κ2) is 10.3. The third-order valence-corrected chi connectivity index (χ3v) is 6.56. The second-order valence-corrected chi connectivity index (χ2v) is 8.73. The third kappa shape index (κ3) is 4.73. The van der Waals surface area contributed by atoms with Gasteiger partial charge in [-0.2, -0.15) is 0 Å². The van der Waals surface area contributed by atoms with Gasteiger partial charge in [-0.15, -0.1) is 0 Å². The number of likely N-dealkylation sites (tertiary alicyclic amines) is 1. The number of benzene rings is 2. The first-order chi connectivity index (χ1) is 15.6. The summed E-state index contributed by atoms with van der Waals surface area (Å²) in [5, 5.41) is 0.213. The molecule has 1 saturated heterocycles. The highest BCUT2D eigenvalue weighted by atomic mass is 19.1. The van der Waals surface area contributed by atoms with Crippen LogP contribution in [0.1, 0.15) is 44.6 Å². The summed E-state index contributed by atoms with van der Waals surface area (Å²) in [6, 6.07) is 10.7. The molecule has 1 aromatic heterocycles. The number of nitrogens with zero attached hydrogens (tertiary/aromatic N) is 2. The summed E-state index contributed by atoms with van der Waals surface area (Å²) < 4.78 is 22.5. The van der Waals surface area contributed by atoms with Crippen LogP contribution in [0.15, 0.2) is 47.4 Å². The molecule has 0 amide bonds.